The van der Waals surface area contributed by atoms with Gasteiger partial charge >= 0.3 is 0 Å². The summed E-state index contributed by atoms with van der Waals surface area (Å²) in [5.74, 6) is -0.336. The number of carbonyl (C=O) groups excluding carboxylic acids is 2. The first-order valence-electron chi connectivity index (χ1n) is 9.58. The Balaban J connectivity index is 2.29. The molecule has 2 aromatic carbocycles. The summed E-state index contributed by atoms with van der Waals surface area (Å²) in [7, 11) is 0. The third-order valence-corrected chi connectivity index (χ3v) is 5.35. The van der Waals surface area contributed by atoms with E-state index in [-0.39, 0.29) is 23.8 Å². The van der Waals surface area contributed by atoms with Gasteiger partial charge in [0.2, 0.25) is 11.8 Å². The Morgan fingerprint density at radius 3 is 2.31 bits per heavy atom. The number of halogens is 2. The van der Waals surface area contributed by atoms with Crippen LogP contribution in [0, 0.1) is 6.92 Å². The molecule has 1 N–H and O–H groups in total. The minimum absolute atomic E-state index is 0.135. The molecule has 1 atom stereocenters. The Hall–Kier alpha value is -2.04. The van der Waals surface area contributed by atoms with Crippen molar-refractivity contribution < 1.29 is 9.59 Å². The van der Waals surface area contributed by atoms with Crippen molar-refractivity contribution in [1.82, 2.24) is 10.2 Å². The number of rotatable bonds is 6. The molecule has 2 rings (SSSR count). The van der Waals surface area contributed by atoms with Crippen LogP contribution in [0.3, 0.4) is 0 Å². The first kappa shape index (κ1) is 23.2. The second-order valence-corrected chi connectivity index (χ2v) is 9.10. The molecule has 6 heteroatoms. The van der Waals surface area contributed by atoms with Gasteiger partial charge < -0.3 is 10.2 Å². The van der Waals surface area contributed by atoms with E-state index in [1.807, 2.05) is 52.0 Å². The second kappa shape index (κ2) is 9.64. The van der Waals surface area contributed by atoms with Gasteiger partial charge in [0.25, 0.3) is 0 Å². The molecule has 0 fully saturated rings. The van der Waals surface area contributed by atoms with Crippen LogP contribution >= 0.6 is 23.2 Å². The van der Waals surface area contributed by atoms with Crippen molar-refractivity contribution in [3.63, 3.8) is 0 Å². The maximum absolute atomic E-state index is 13.2. The maximum Gasteiger partial charge on any atom is 0.242 e. The van der Waals surface area contributed by atoms with Gasteiger partial charge in [-0.3, -0.25) is 9.59 Å². The Morgan fingerprint density at radius 2 is 1.72 bits per heavy atom. The summed E-state index contributed by atoms with van der Waals surface area (Å²) in [6.45, 7) is 9.86. The monoisotopic (exact) mass is 434 g/mol. The van der Waals surface area contributed by atoms with Gasteiger partial charge in [0.1, 0.15) is 6.04 Å². The van der Waals surface area contributed by atoms with Crippen LogP contribution in [0.5, 0.6) is 0 Å². The van der Waals surface area contributed by atoms with Crippen LogP contribution in [-0.4, -0.2) is 28.3 Å². The number of hydrogen-bond donors (Lipinski definition) is 1. The number of amides is 2. The fourth-order valence-corrected chi connectivity index (χ4v) is 3.27. The summed E-state index contributed by atoms with van der Waals surface area (Å²) in [6, 6.07) is 12.4. The zero-order valence-corrected chi connectivity index (χ0v) is 19.1. The van der Waals surface area contributed by atoms with Gasteiger partial charge in [-0.05, 0) is 63.4 Å². The lowest BCUT2D eigenvalue weighted by Gasteiger charge is -2.32. The van der Waals surface area contributed by atoms with Crippen molar-refractivity contribution in [1.29, 1.82) is 0 Å². The van der Waals surface area contributed by atoms with Crippen molar-refractivity contribution in [2.75, 3.05) is 0 Å². The summed E-state index contributed by atoms with van der Waals surface area (Å²) in [5, 5.41) is 3.81. The Labute approximate surface area is 183 Å². The Bertz CT molecular complexity index is 891. The van der Waals surface area contributed by atoms with Crippen LogP contribution in [-0.2, 0) is 22.6 Å². The van der Waals surface area contributed by atoms with Crippen molar-refractivity contribution in [2.24, 2.45) is 0 Å². The van der Waals surface area contributed by atoms with Crippen molar-refractivity contribution in [3.8, 4) is 0 Å². The summed E-state index contributed by atoms with van der Waals surface area (Å²) in [6.07, 6.45) is 0.135. The third kappa shape index (κ3) is 6.76. The molecular weight excluding hydrogens is 407 g/mol. The molecule has 0 saturated heterocycles. The van der Waals surface area contributed by atoms with Crippen LogP contribution in [0.15, 0.2) is 42.5 Å². The fraction of sp³-hybridized carbons (Fsp3) is 0.391. The SMILES string of the molecule is Cc1ccccc1CN(C(=O)Cc1ccc(Cl)c(Cl)c1)[C@H](C)C(=O)NC(C)(C)C. The molecule has 4 nitrogen and oxygen atoms in total. The van der Waals surface area contributed by atoms with E-state index in [1.165, 1.54) is 0 Å². The number of carbonyl (C=O) groups is 2. The van der Waals surface area contributed by atoms with E-state index < -0.39 is 6.04 Å². The van der Waals surface area contributed by atoms with E-state index in [0.717, 1.165) is 16.7 Å². The normalized spacial score (nSPS) is 12.4. The lowest BCUT2D eigenvalue weighted by atomic mass is 10.0. The molecule has 2 amide bonds. The summed E-state index contributed by atoms with van der Waals surface area (Å²) in [5.41, 5.74) is 2.45. The van der Waals surface area contributed by atoms with E-state index in [2.05, 4.69) is 5.32 Å². The van der Waals surface area contributed by atoms with Crippen LogP contribution < -0.4 is 5.32 Å². The largest absolute Gasteiger partial charge is 0.350 e. The van der Waals surface area contributed by atoms with Crippen LogP contribution in [0.4, 0.5) is 0 Å². The predicted molar refractivity (Wildman–Crippen MR) is 119 cm³/mol. The van der Waals surface area contributed by atoms with Gasteiger partial charge in [-0.25, -0.2) is 0 Å². The van der Waals surface area contributed by atoms with Gasteiger partial charge in [-0.15, -0.1) is 0 Å². The molecule has 0 radical (unpaired) electrons. The highest BCUT2D eigenvalue weighted by atomic mass is 35.5. The van der Waals surface area contributed by atoms with Crippen molar-refractivity contribution in [3.05, 3.63) is 69.2 Å². The minimum Gasteiger partial charge on any atom is -0.350 e. The number of nitrogens with zero attached hydrogens (tertiary/aromatic N) is 1. The van der Waals surface area contributed by atoms with E-state index in [0.29, 0.717) is 16.6 Å². The number of hydrogen-bond acceptors (Lipinski definition) is 2. The second-order valence-electron chi connectivity index (χ2n) is 8.29. The molecule has 156 valence electrons. The smallest absolute Gasteiger partial charge is 0.242 e. The van der Waals surface area contributed by atoms with Crippen LogP contribution in [0.2, 0.25) is 10.0 Å². The fourth-order valence-electron chi connectivity index (χ4n) is 2.95. The molecule has 0 aliphatic carbocycles. The van der Waals surface area contributed by atoms with E-state index in [4.69, 9.17) is 23.2 Å². The third-order valence-electron chi connectivity index (χ3n) is 4.61. The van der Waals surface area contributed by atoms with Gasteiger partial charge in [0.05, 0.1) is 16.5 Å². The molecule has 0 aromatic heterocycles. The predicted octanol–water partition coefficient (Wildman–Crippen LogP) is 5.18. The standard InChI is InChI=1S/C23H28Cl2N2O2/c1-15-8-6-7-9-18(15)14-27(16(2)22(29)26-23(3,4)5)21(28)13-17-10-11-19(24)20(25)12-17/h6-12,16H,13-14H2,1-5H3,(H,26,29)/t16-/m1/s1. The zero-order valence-electron chi connectivity index (χ0n) is 17.6. The molecule has 0 spiro atoms. The average Bonchev–Trinajstić information content (AvgIpc) is 2.62. The topological polar surface area (TPSA) is 49.4 Å². The molecule has 0 aliphatic rings. The lowest BCUT2D eigenvalue weighted by molar-refractivity contribution is -0.140. The summed E-state index contributed by atoms with van der Waals surface area (Å²) in [4.78, 5) is 27.6. The quantitative estimate of drug-likeness (QED) is 0.680. The number of benzene rings is 2. The molecule has 0 heterocycles. The highest BCUT2D eigenvalue weighted by Crippen LogP contribution is 2.23. The van der Waals surface area contributed by atoms with E-state index >= 15 is 0 Å². The molecule has 29 heavy (non-hydrogen) atoms. The molecule has 0 bridgehead atoms. The van der Waals surface area contributed by atoms with E-state index in [1.54, 1.807) is 30.0 Å². The zero-order chi connectivity index (χ0) is 21.8. The van der Waals surface area contributed by atoms with Gasteiger partial charge in [0.15, 0.2) is 0 Å². The Morgan fingerprint density at radius 1 is 1.07 bits per heavy atom. The van der Waals surface area contributed by atoms with Gasteiger partial charge in [0, 0.05) is 12.1 Å². The lowest BCUT2D eigenvalue weighted by Crippen LogP contribution is -2.52. The summed E-state index contributed by atoms with van der Waals surface area (Å²) < 4.78 is 0. The van der Waals surface area contributed by atoms with Crippen LogP contribution in [0.1, 0.15) is 44.4 Å². The van der Waals surface area contributed by atoms with Crippen molar-refractivity contribution in [2.45, 2.75) is 59.2 Å². The number of nitrogens with one attached hydrogen (secondary N) is 1. The molecule has 0 saturated carbocycles. The van der Waals surface area contributed by atoms with Crippen molar-refractivity contribution >= 4 is 35.0 Å². The van der Waals surface area contributed by atoms with Crippen LogP contribution in [0.25, 0.3) is 0 Å². The number of aryl methyl sites for hydroxylation is 1. The molecule has 0 unspecified atom stereocenters. The first-order chi connectivity index (χ1) is 13.5. The molecule has 0 aliphatic heterocycles. The van der Waals surface area contributed by atoms with Gasteiger partial charge in [-0.1, -0.05) is 53.5 Å². The summed E-state index contributed by atoms with van der Waals surface area (Å²) >= 11 is 12.1. The highest BCUT2D eigenvalue weighted by Gasteiger charge is 2.28. The average molecular weight is 435 g/mol. The highest BCUT2D eigenvalue weighted by molar-refractivity contribution is 6.42. The first-order valence-corrected chi connectivity index (χ1v) is 10.3. The maximum atomic E-state index is 13.2. The Kier molecular flexibility index (Phi) is 7.73. The molecule has 2 aromatic rings. The molecular formula is C23H28Cl2N2O2. The van der Waals surface area contributed by atoms with Gasteiger partial charge in [-0.2, -0.15) is 0 Å². The van der Waals surface area contributed by atoms with E-state index in [9.17, 15) is 9.59 Å². The minimum atomic E-state index is -0.621.